The lowest BCUT2D eigenvalue weighted by Gasteiger charge is -2.27. The highest BCUT2D eigenvalue weighted by atomic mass is 35.5. The summed E-state index contributed by atoms with van der Waals surface area (Å²) < 4.78 is 10.8. The number of carbonyl (C=O) groups is 1. The number of benzene rings is 1. The molecule has 5 nitrogen and oxygen atoms in total. The van der Waals surface area contributed by atoms with Crippen LogP contribution < -0.4 is 10.6 Å². The van der Waals surface area contributed by atoms with E-state index in [4.69, 9.17) is 44.6 Å². The van der Waals surface area contributed by atoms with E-state index in [-0.39, 0.29) is 0 Å². The molecule has 0 radical (unpaired) electrons. The van der Waals surface area contributed by atoms with Crippen molar-refractivity contribution in [1.29, 1.82) is 0 Å². The molecule has 2 heterocycles. The maximum Gasteiger partial charge on any atom is 0.338 e. The third-order valence-corrected chi connectivity index (χ3v) is 4.55. The van der Waals surface area contributed by atoms with Crippen molar-refractivity contribution in [3.63, 3.8) is 0 Å². The van der Waals surface area contributed by atoms with E-state index in [1.807, 2.05) is 0 Å². The molecular formula is C17H14Cl2N2O3S. The molecule has 130 valence electrons. The summed E-state index contributed by atoms with van der Waals surface area (Å²) in [4.78, 5) is 12.2. The van der Waals surface area contributed by atoms with Crippen LogP contribution in [-0.4, -0.2) is 18.2 Å². The van der Waals surface area contributed by atoms with Gasteiger partial charge in [-0.05, 0) is 49.5 Å². The number of thiocarbonyl (C=S) groups is 1. The zero-order chi connectivity index (χ0) is 18.1. The van der Waals surface area contributed by atoms with Gasteiger partial charge in [0.25, 0.3) is 0 Å². The van der Waals surface area contributed by atoms with Crippen molar-refractivity contribution in [2.45, 2.75) is 13.0 Å². The van der Waals surface area contributed by atoms with E-state index in [0.717, 1.165) is 0 Å². The lowest BCUT2D eigenvalue weighted by atomic mass is 10.0. The van der Waals surface area contributed by atoms with Crippen LogP contribution in [0.5, 0.6) is 0 Å². The van der Waals surface area contributed by atoms with E-state index in [0.29, 0.717) is 43.5 Å². The highest BCUT2D eigenvalue weighted by Crippen LogP contribution is 2.35. The summed E-state index contributed by atoms with van der Waals surface area (Å²) in [5.41, 5.74) is 1.72. The molecule has 0 bridgehead atoms. The Hall–Kier alpha value is -2.02. The number of allylic oxidation sites excluding steroid dienone is 1. The van der Waals surface area contributed by atoms with Gasteiger partial charge in [0, 0.05) is 16.3 Å². The summed E-state index contributed by atoms with van der Waals surface area (Å²) >= 11 is 17.3. The molecule has 0 amide bonds. The fourth-order valence-electron chi connectivity index (χ4n) is 2.63. The molecule has 0 unspecified atom stereocenters. The molecule has 1 atom stereocenters. The smallest absolute Gasteiger partial charge is 0.338 e. The predicted molar refractivity (Wildman–Crippen MR) is 100 cm³/mol. The monoisotopic (exact) mass is 396 g/mol. The number of carbonyl (C=O) groups excluding carboxylic acids is 1. The number of furan rings is 1. The Kier molecular flexibility index (Phi) is 5.03. The van der Waals surface area contributed by atoms with E-state index >= 15 is 0 Å². The first-order chi connectivity index (χ1) is 11.9. The zero-order valence-corrected chi connectivity index (χ0v) is 15.7. The largest absolute Gasteiger partial charge is 0.466 e. The van der Waals surface area contributed by atoms with E-state index in [1.165, 1.54) is 7.11 Å². The Morgan fingerprint density at radius 2 is 2.04 bits per heavy atom. The van der Waals surface area contributed by atoms with E-state index < -0.39 is 12.0 Å². The van der Waals surface area contributed by atoms with Crippen LogP contribution in [0.3, 0.4) is 0 Å². The van der Waals surface area contributed by atoms with Crippen LogP contribution in [0, 0.1) is 0 Å². The summed E-state index contributed by atoms with van der Waals surface area (Å²) in [5, 5.41) is 7.36. The molecule has 0 spiro atoms. The highest BCUT2D eigenvalue weighted by Gasteiger charge is 2.32. The molecule has 3 rings (SSSR count). The average Bonchev–Trinajstić information content (AvgIpc) is 3.03. The SMILES string of the molecule is COC(=O)C1=C(C)NC(=S)N[C@@H]1c1ccc(-c2ccc(Cl)cc2Cl)o1. The summed E-state index contributed by atoms with van der Waals surface area (Å²) in [6, 6.07) is 8.13. The number of ether oxygens (including phenoxy) is 1. The Morgan fingerprint density at radius 1 is 1.28 bits per heavy atom. The van der Waals surface area contributed by atoms with Gasteiger partial charge in [0.2, 0.25) is 0 Å². The van der Waals surface area contributed by atoms with Gasteiger partial charge in [-0.3, -0.25) is 0 Å². The minimum absolute atomic E-state index is 0.401. The molecule has 1 aliphatic heterocycles. The fraction of sp³-hybridized carbons (Fsp3) is 0.176. The summed E-state index contributed by atoms with van der Waals surface area (Å²) in [6.45, 7) is 1.76. The van der Waals surface area contributed by atoms with Gasteiger partial charge in [0.15, 0.2) is 5.11 Å². The Morgan fingerprint density at radius 3 is 2.72 bits per heavy atom. The zero-order valence-electron chi connectivity index (χ0n) is 13.4. The molecular weight excluding hydrogens is 383 g/mol. The molecule has 8 heteroatoms. The Labute approximate surface area is 159 Å². The minimum Gasteiger partial charge on any atom is -0.466 e. The second-order valence-electron chi connectivity index (χ2n) is 5.39. The molecule has 2 N–H and O–H groups in total. The molecule has 0 aliphatic carbocycles. The maximum absolute atomic E-state index is 12.2. The van der Waals surface area contributed by atoms with E-state index in [1.54, 1.807) is 37.3 Å². The quantitative estimate of drug-likeness (QED) is 0.598. The number of methoxy groups -OCH3 is 1. The van der Waals surface area contributed by atoms with Crippen molar-refractivity contribution in [1.82, 2.24) is 10.6 Å². The number of halogens is 2. The van der Waals surface area contributed by atoms with Crippen molar-refractivity contribution >= 4 is 46.5 Å². The second-order valence-corrected chi connectivity index (χ2v) is 6.64. The molecule has 0 fully saturated rings. The summed E-state index contributed by atoms with van der Waals surface area (Å²) in [7, 11) is 1.33. The van der Waals surface area contributed by atoms with Crippen molar-refractivity contribution < 1.29 is 13.9 Å². The van der Waals surface area contributed by atoms with Gasteiger partial charge >= 0.3 is 5.97 Å². The van der Waals surface area contributed by atoms with Gasteiger partial charge < -0.3 is 19.8 Å². The van der Waals surface area contributed by atoms with Crippen LogP contribution in [0.2, 0.25) is 10.0 Å². The number of rotatable bonds is 3. The molecule has 1 aromatic carbocycles. The van der Waals surface area contributed by atoms with Crippen molar-refractivity contribution in [3.05, 3.63) is 57.4 Å². The first kappa shape index (κ1) is 17.8. The van der Waals surface area contributed by atoms with Gasteiger partial charge in [-0.15, -0.1) is 0 Å². The van der Waals surface area contributed by atoms with Crippen molar-refractivity contribution in [3.8, 4) is 11.3 Å². The maximum atomic E-state index is 12.2. The van der Waals surface area contributed by atoms with Gasteiger partial charge in [0.05, 0.1) is 17.7 Å². The minimum atomic E-state index is -0.555. The van der Waals surface area contributed by atoms with Crippen molar-refractivity contribution in [2.24, 2.45) is 0 Å². The van der Waals surface area contributed by atoms with Gasteiger partial charge in [0.1, 0.15) is 17.6 Å². The molecule has 1 aliphatic rings. The Bertz CT molecular complexity index is 892. The lowest BCUT2D eigenvalue weighted by molar-refractivity contribution is -0.136. The first-order valence-electron chi connectivity index (χ1n) is 7.32. The highest BCUT2D eigenvalue weighted by molar-refractivity contribution is 7.80. The first-order valence-corrected chi connectivity index (χ1v) is 8.49. The fourth-order valence-corrected chi connectivity index (χ4v) is 3.40. The standard InChI is InChI=1S/C17H14Cl2N2O3S/c1-8-14(16(22)23-2)15(21-17(25)20-8)13-6-5-12(24-13)10-4-3-9(18)7-11(10)19/h3-7,15H,1-2H3,(H2,20,21,25)/t15-/m1/s1. The van der Waals surface area contributed by atoms with Crippen LogP contribution in [-0.2, 0) is 9.53 Å². The third-order valence-electron chi connectivity index (χ3n) is 3.78. The van der Waals surface area contributed by atoms with E-state index in [9.17, 15) is 4.79 Å². The van der Waals surface area contributed by atoms with Gasteiger partial charge in [-0.1, -0.05) is 23.2 Å². The normalized spacial score (nSPS) is 17.1. The molecule has 2 aromatic rings. The van der Waals surface area contributed by atoms with E-state index in [2.05, 4.69) is 10.6 Å². The van der Waals surface area contributed by atoms with Gasteiger partial charge in [-0.2, -0.15) is 0 Å². The number of hydrogen-bond acceptors (Lipinski definition) is 4. The van der Waals surface area contributed by atoms with Crippen LogP contribution in [0.15, 0.2) is 46.0 Å². The van der Waals surface area contributed by atoms with Crippen LogP contribution in [0.1, 0.15) is 18.7 Å². The summed E-state index contributed by atoms with van der Waals surface area (Å²) in [6.07, 6.45) is 0. The van der Waals surface area contributed by atoms with Crippen LogP contribution in [0.25, 0.3) is 11.3 Å². The topological polar surface area (TPSA) is 63.5 Å². The number of hydrogen-bond donors (Lipinski definition) is 2. The van der Waals surface area contributed by atoms with Crippen LogP contribution in [0.4, 0.5) is 0 Å². The number of nitrogens with one attached hydrogen (secondary N) is 2. The Balaban J connectivity index is 2.01. The molecule has 0 saturated heterocycles. The van der Waals surface area contributed by atoms with Gasteiger partial charge in [-0.25, -0.2) is 4.79 Å². The number of esters is 1. The molecule has 1 aromatic heterocycles. The molecule has 25 heavy (non-hydrogen) atoms. The molecule has 0 saturated carbocycles. The average molecular weight is 397 g/mol. The van der Waals surface area contributed by atoms with Crippen molar-refractivity contribution in [2.75, 3.05) is 7.11 Å². The third kappa shape index (κ3) is 3.51. The summed E-state index contributed by atoms with van der Waals surface area (Å²) in [5.74, 6) is 0.613. The van der Waals surface area contributed by atoms with Crippen LogP contribution >= 0.6 is 35.4 Å². The predicted octanol–water partition coefficient (Wildman–Crippen LogP) is 4.22. The lowest BCUT2D eigenvalue weighted by Crippen LogP contribution is -2.44. The second kappa shape index (κ2) is 7.07.